The van der Waals surface area contributed by atoms with Crippen molar-refractivity contribution in [3.05, 3.63) is 76.6 Å². The number of benzene rings is 2. The van der Waals surface area contributed by atoms with E-state index < -0.39 is 23.4 Å². The van der Waals surface area contributed by atoms with Gasteiger partial charge in [-0.1, -0.05) is 12.1 Å². The topological polar surface area (TPSA) is 82.8 Å². The first-order chi connectivity index (χ1) is 12.8. The Morgan fingerprint density at radius 3 is 2.59 bits per heavy atom. The molecule has 0 saturated carbocycles. The Morgan fingerprint density at radius 1 is 1.15 bits per heavy atom. The van der Waals surface area contributed by atoms with Gasteiger partial charge in [0.1, 0.15) is 5.82 Å². The number of primary amides is 1. The molecule has 3 rings (SSSR count). The van der Waals surface area contributed by atoms with Crippen LogP contribution in [0.15, 0.2) is 48.0 Å². The van der Waals surface area contributed by atoms with Crippen LogP contribution in [0.25, 0.3) is 0 Å². The van der Waals surface area contributed by atoms with Crippen LogP contribution < -0.4 is 16.8 Å². The molecule has 0 radical (unpaired) electrons. The van der Waals surface area contributed by atoms with Gasteiger partial charge in [0.05, 0.1) is 6.04 Å². The van der Waals surface area contributed by atoms with Gasteiger partial charge in [0.25, 0.3) is 0 Å². The number of hydrogen-bond donors (Lipinski definition) is 3. The van der Waals surface area contributed by atoms with Crippen molar-refractivity contribution in [1.29, 1.82) is 0 Å². The van der Waals surface area contributed by atoms with Crippen LogP contribution in [-0.4, -0.2) is 18.5 Å². The Balaban J connectivity index is 1.68. The van der Waals surface area contributed by atoms with Crippen LogP contribution in [-0.2, 0) is 0 Å². The molecular formula is C20H21F3N3O+. The molecule has 6 N–H and O–H groups in total. The average molecular weight is 376 g/mol. The maximum atomic E-state index is 14.1. The first kappa shape index (κ1) is 19.0. The summed E-state index contributed by atoms with van der Waals surface area (Å²) < 4.78 is 40.7. The number of nitrogens with one attached hydrogen (secondary N) is 1. The van der Waals surface area contributed by atoms with Crippen molar-refractivity contribution in [3.63, 3.8) is 0 Å². The third-order valence-electron chi connectivity index (χ3n) is 4.86. The van der Waals surface area contributed by atoms with Crippen LogP contribution >= 0.6 is 0 Å². The highest BCUT2D eigenvalue weighted by molar-refractivity contribution is 5.93. The number of rotatable bonds is 5. The third kappa shape index (κ3) is 4.31. The van der Waals surface area contributed by atoms with Gasteiger partial charge < -0.3 is 16.8 Å². The summed E-state index contributed by atoms with van der Waals surface area (Å²) in [7, 11) is 0. The van der Waals surface area contributed by atoms with Gasteiger partial charge in [-0.2, -0.15) is 0 Å². The fourth-order valence-electron chi connectivity index (χ4n) is 3.39. The van der Waals surface area contributed by atoms with Crippen LogP contribution in [0.3, 0.4) is 0 Å². The molecule has 27 heavy (non-hydrogen) atoms. The third-order valence-corrected chi connectivity index (χ3v) is 4.86. The zero-order chi connectivity index (χ0) is 19.6. The van der Waals surface area contributed by atoms with Gasteiger partial charge in [-0.15, -0.1) is 0 Å². The Morgan fingerprint density at radius 2 is 1.89 bits per heavy atom. The normalized spacial score (nSPS) is 19.5. The number of halogens is 3. The quantitative estimate of drug-likeness (QED) is 0.554. The molecule has 2 atom stereocenters. The number of amides is 1. The van der Waals surface area contributed by atoms with Gasteiger partial charge in [0.2, 0.25) is 5.91 Å². The molecule has 0 aromatic heterocycles. The molecule has 1 aliphatic carbocycles. The van der Waals surface area contributed by atoms with Crippen LogP contribution in [0, 0.1) is 17.5 Å². The van der Waals surface area contributed by atoms with Gasteiger partial charge in [0, 0.05) is 41.8 Å². The number of hydrogen-bond acceptors (Lipinski definition) is 2. The molecule has 0 spiro atoms. The fourth-order valence-corrected chi connectivity index (χ4v) is 3.39. The second kappa shape index (κ2) is 7.84. The Labute approximate surface area is 155 Å². The average Bonchev–Trinajstić information content (AvgIpc) is 2.64. The van der Waals surface area contributed by atoms with E-state index in [1.807, 2.05) is 12.1 Å². The van der Waals surface area contributed by atoms with Crippen molar-refractivity contribution in [2.24, 2.45) is 5.73 Å². The summed E-state index contributed by atoms with van der Waals surface area (Å²) >= 11 is 0. The summed E-state index contributed by atoms with van der Waals surface area (Å²) in [5.74, 6) is -3.78. The number of carbonyl (C=O) groups excluding carboxylic acids is 1. The molecule has 7 heteroatoms. The molecule has 0 heterocycles. The van der Waals surface area contributed by atoms with E-state index in [0.29, 0.717) is 31.0 Å². The van der Waals surface area contributed by atoms with E-state index in [1.165, 1.54) is 0 Å². The smallest absolute Gasteiger partial charge is 0.248 e. The van der Waals surface area contributed by atoms with Crippen molar-refractivity contribution in [2.75, 3.05) is 11.9 Å². The van der Waals surface area contributed by atoms with Crippen LogP contribution in [0.5, 0.6) is 0 Å². The molecule has 0 unspecified atom stereocenters. The molecule has 0 bridgehead atoms. The summed E-state index contributed by atoms with van der Waals surface area (Å²) in [4.78, 5) is 11.2. The predicted molar refractivity (Wildman–Crippen MR) is 96.5 cm³/mol. The highest BCUT2D eigenvalue weighted by Gasteiger charge is 2.30. The zero-order valence-corrected chi connectivity index (χ0v) is 14.6. The molecule has 1 aliphatic rings. The number of nitrogens with two attached hydrogens (primary N) is 1. The van der Waals surface area contributed by atoms with Crippen LogP contribution in [0.4, 0.5) is 18.9 Å². The standard InChI is InChI=1S/C20H20F3N3O/c21-16-9-18(23)17(22)8-15(16)14-5-4-11(6-19(14)24)10-26-13-3-1-2-12(7-13)20(25)27/h1-4,7-9,14,19,26H,5-6,10,24H2,(H2,25,27)/p+1/t14-,19+/m1/s1. The van der Waals surface area contributed by atoms with E-state index in [0.717, 1.165) is 17.3 Å². The number of quaternary nitrogens is 1. The molecule has 142 valence electrons. The van der Waals surface area contributed by atoms with Crippen molar-refractivity contribution in [3.8, 4) is 0 Å². The largest absolute Gasteiger partial charge is 0.381 e. The van der Waals surface area contributed by atoms with E-state index in [-0.39, 0.29) is 17.5 Å². The molecule has 0 fully saturated rings. The van der Waals surface area contributed by atoms with Gasteiger partial charge >= 0.3 is 0 Å². The minimum absolute atomic E-state index is 0.159. The fraction of sp³-hybridized carbons (Fsp3) is 0.250. The van der Waals surface area contributed by atoms with Gasteiger partial charge in [-0.25, -0.2) is 13.2 Å². The SMILES string of the molecule is NC(=O)c1cccc(NCC2=CC[C@H](c3cc(F)c(F)cc3F)[C@@H]([NH3+])C2)c1. The van der Waals surface area contributed by atoms with E-state index in [4.69, 9.17) is 5.73 Å². The highest BCUT2D eigenvalue weighted by Crippen LogP contribution is 2.33. The minimum Gasteiger partial charge on any atom is -0.381 e. The Hall–Kier alpha value is -2.80. The van der Waals surface area contributed by atoms with Crippen molar-refractivity contribution in [2.45, 2.75) is 24.8 Å². The molecular weight excluding hydrogens is 355 g/mol. The van der Waals surface area contributed by atoms with Crippen LogP contribution in [0.1, 0.15) is 34.7 Å². The molecule has 0 aliphatic heterocycles. The summed E-state index contributed by atoms with van der Waals surface area (Å²) in [6.07, 6.45) is 3.07. The summed E-state index contributed by atoms with van der Waals surface area (Å²) in [5, 5.41) is 3.23. The van der Waals surface area contributed by atoms with Gasteiger partial charge in [-0.3, -0.25) is 4.79 Å². The van der Waals surface area contributed by atoms with Crippen molar-refractivity contribution < 1.29 is 23.7 Å². The minimum atomic E-state index is -1.19. The number of allylic oxidation sites excluding steroid dienone is 1. The molecule has 0 saturated heterocycles. The van der Waals surface area contributed by atoms with Gasteiger partial charge in [-0.05, 0) is 36.3 Å². The lowest BCUT2D eigenvalue weighted by atomic mass is 9.80. The second-order valence-electron chi connectivity index (χ2n) is 6.76. The lowest BCUT2D eigenvalue weighted by Gasteiger charge is -2.27. The van der Waals surface area contributed by atoms with E-state index in [9.17, 15) is 18.0 Å². The summed E-state index contributed by atoms with van der Waals surface area (Å²) in [6, 6.07) is 8.24. The lowest BCUT2D eigenvalue weighted by molar-refractivity contribution is -0.426. The molecule has 4 nitrogen and oxygen atoms in total. The maximum absolute atomic E-state index is 14.1. The van der Waals surface area contributed by atoms with Crippen molar-refractivity contribution in [1.82, 2.24) is 0 Å². The lowest BCUT2D eigenvalue weighted by Crippen LogP contribution is -2.64. The molecule has 2 aromatic rings. The van der Waals surface area contributed by atoms with Gasteiger partial charge in [0.15, 0.2) is 11.6 Å². The Kier molecular flexibility index (Phi) is 5.51. The summed E-state index contributed by atoms with van der Waals surface area (Å²) in [6.45, 7) is 0.543. The highest BCUT2D eigenvalue weighted by atomic mass is 19.2. The monoisotopic (exact) mass is 376 g/mol. The summed E-state index contributed by atoms with van der Waals surface area (Å²) in [5.41, 5.74) is 11.8. The van der Waals surface area contributed by atoms with Crippen molar-refractivity contribution >= 4 is 11.6 Å². The maximum Gasteiger partial charge on any atom is 0.248 e. The Bertz CT molecular complexity index is 898. The molecule has 2 aromatic carbocycles. The molecule has 1 amide bonds. The predicted octanol–water partition coefficient (Wildman–Crippen LogP) is 2.73. The first-order valence-corrected chi connectivity index (χ1v) is 8.64. The van der Waals surface area contributed by atoms with Crippen LogP contribution in [0.2, 0.25) is 0 Å². The zero-order valence-electron chi connectivity index (χ0n) is 14.6. The second-order valence-corrected chi connectivity index (χ2v) is 6.76. The number of anilines is 1. The number of carbonyl (C=O) groups is 1. The first-order valence-electron chi connectivity index (χ1n) is 8.64. The van der Waals surface area contributed by atoms with E-state index in [2.05, 4.69) is 11.1 Å². The van der Waals surface area contributed by atoms with E-state index in [1.54, 1.807) is 18.2 Å². The van der Waals surface area contributed by atoms with E-state index >= 15 is 0 Å².